The number of hydrogen-bond donors (Lipinski definition) is 1. The maximum absolute atomic E-state index is 9.32. The standard InChI is InChI=1S/C16H18ClNO2/c1-10(2)13-7-15(11(3)6-14(13)17)20-16-8-18-5-4-12(16)9-19/h4-8,10,19H,9H2,1-3H3. The van der Waals surface area contributed by atoms with E-state index in [-0.39, 0.29) is 6.61 Å². The first-order valence-electron chi connectivity index (χ1n) is 6.54. The van der Waals surface area contributed by atoms with E-state index >= 15 is 0 Å². The summed E-state index contributed by atoms with van der Waals surface area (Å²) in [5.41, 5.74) is 2.70. The highest BCUT2D eigenvalue weighted by Gasteiger charge is 2.12. The summed E-state index contributed by atoms with van der Waals surface area (Å²) in [5.74, 6) is 1.62. The number of aromatic nitrogens is 1. The van der Waals surface area contributed by atoms with Crippen LogP contribution in [0.2, 0.25) is 5.02 Å². The minimum Gasteiger partial charge on any atom is -0.455 e. The first-order chi connectivity index (χ1) is 9.52. The molecule has 4 heteroatoms. The van der Waals surface area contributed by atoms with Crippen LogP contribution >= 0.6 is 11.6 Å². The van der Waals surface area contributed by atoms with Crippen molar-refractivity contribution in [1.82, 2.24) is 4.98 Å². The summed E-state index contributed by atoms with van der Waals surface area (Å²) in [6.07, 6.45) is 3.24. The number of ether oxygens (including phenoxy) is 1. The second-order valence-corrected chi connectivity index (χ2v) is 5.44. The monoisotopic (exact) mass is 291 g/mol. The predicted octanol–water partition coefficient (Wildman–Crippen LogP) is 4.45. The van der Waals surface area contributed by atoms with Gasteiger partial charge in [0.2, 0.25) is 0 Å². The summed E-state index contributed by atoms with van der Waals surface area (Å²) in [7, 11) is 0. The predicted molar refractivity (Wildman–Crippen MR) is 80.5 cm³/mol. The van der Waals surface area contributed by atoms with Crippen molar-refractivity contribution in [1.29, 1.82) is 0 Å². The molecule has 3 nitrogen and oxygen atoms in total. The molecule has 106 valence electrons. The Kier molecular flexibility index (Phi) is 4.63. The molecule has 0 saturated carbocycles. The summed E-state index contributed by atoms with van der Waals surface area (Å²) >= 11 is 6.25. The normalized spacial score (nSPS) is 10.9. The summed E-state index contributed by atoms with van der Waals surface area (Å²) in [4.78, 5) is 4.03. The van der Waals surface area contributed by atoms with Crippen LogP contribution < -0.4 is 4.74 Å². The van der Waals surface area contributed by atoms with E-state index < -0.39 is 0 Å². The Labute approximate surface area is 124 Å². The van der Waals surface area contributed by atoms with Crippen molar-refractivity contribution in [3.05, 3.63) is 52.3 Å². The topological polar surface area (TPSA) is 42.4 Å². The average Bonchev–Trinajstić information content (AvgIpc) is 2.42. The molecular weight excluding hydrogens is 274 g/mol. The quantitative estimate of drug-likeness (QED) is 0.905. The number of benzene rings is 1. The molecule has 0 aliphatic heterocycles. The zero-order valence-corrected chi connectivity index (χ0v) is 12.6. The number of hydrogen-bond acceptors (Lipinski definition) is 3. The third kappa shape index (κ3) is 3.11. The third-order valence-corrected chi connectivity index (χ3v) is 3.50. The minimum atomic E-state index is -0.0818. The van der Waals surface area contributed by atoms with Crippen LogP contribution in [0.3, 0.4) is 0 Å². The van der Waals surface area contributed by atoms with Crippen LogP contribution in [0.1, 0.15) is 36.5 Å². The van der Waals surface area contributed by atoms with Gasteiger partial charge in [-0.15, -0.1) is 0 Å². The largest absolute Gasteiger partial charge is 0.455 e. The zero-order chi connectivity index (χ0) is 14.7. The first kappa shape index (κ1) is 14.8. The van der Waals surface area contributed by atoms with E-state index in [1.807, 2.05) is 19.1 Å². The van der Waals surface area contributed by atoms with Gasteiger partial charge in [0.25, 0.3) is 0 Å². The van der Waals surface area contributed by atoms with E-state index in [1.165, 1.54) is 0 Å². The van der Waals surface area contributed by atoms with Crippen molar-refractivity contribution in [2.75, 3.05) is 0 Å². The Morgan fingerprint density at radius 2 is 2.05 bits per heavy atom. The summed E-state index contributed by atoms with van der Waals surface area (Å²) in [6.45, 7) is 6.04. The maximum Gasteiger partial charge on any atom is 0.151 e. The molecule has 0 spiro atoms. The molecule has 0 aliphatic rings. The van der Waals surface area contributed by atoms with Crippen molar-refractivity contribution in [3.8, 4) is 11.5 Å². The lowest BCUT2D eigenvalue weighted by atomic mass is 10.0. The molecule has 20 heavy (non-hydrogen) atoms. The van der Waals surface area contributed by atoms with Gasteiger partial charge < -0.3 is 9.84 Å². The second kappa shape index (κ2) is 6.25. The Morgan fingerprint density at radius 3 is 2.70 bits per heavy atom. The summed E-state index contributed by atoms with van der Waals surface area (Å²) < 4.78 is 5.90. The van der Waals surface area contributed by atoms with Crippen molar-refractivity contribution >= 4 is 11.6 Å². The Morgan fingerprint density at radius 1 is 1.30 bits per heavy atom. The van der Waals surface area contributed by atoms with Crippen LogP contribution in [0.25, 0.3) is 0 Å². The van der Waals surface area contributed by atoms with E-state index in [0.29, 0.717) is 17.2 Å². The van der Waals surface area contributed by atoms with Crippen LogP contribution in [-0.4, -0.2) is 10.1 Å². The molecule has 0 saturated heterocycles. The molecule has 1 heterocycles. The summed E-state index contributed by atoms with van der Waals surface area (Å²) in [5, 5.41) is 10.1. The van der Waals surface area contributed by atoms with Gasteiger partial charge >= 0.3 is 0 Å². The number of halogens is 1. The molecule has 1 N–H and O–H groups in total. The number of aliphatic hydroxyl groups is 1. The molecular formula is C16H18ClNO2. The highest BCUT2D eigenvalue weighted by atomic mass is 35.5. The zero-order valence-electron chi connectivity index (χ0n) is 11.9. The maximum atomic E-state index is 9.32. The Bertz CT molecular complexity index is 611. The van der Waals surface area contributed by atoms with Gasteiger partial charge in [-0.25, -0.2) is 0 Å². The highest BCUT2D eigenvalue weighted by molar-refractivity contribution is 6.31. The van der Waals surface area contributed by atoms with Gasteiger partial charge in [-0.05, 0) is 42.2 Å². The molecule has 0 atom stereocenters. The Balaban J connectivity index is 2.40. The lowest BCUT2D eigenvalue weighted by Gasteiger charge is -2.15. The minimum absolute atomic E-state index is 0.0818. The number of nitrogens with zero attached hydrogens (tertiary/aromatic N) is 1. The lowest BCUT2D eigenvalue weighted by Crippen LogP contribution is -1.97. The van der Waals surface area contributed by atoms with Gasteiger partial charge in [0.15, 0.2) is 5.75 Å². The van der Waals surface area contributed by atoms with Gasteiger partial charge in [0.05, 0.1) is 12.8 Å². The van der Waals surface area contributed by atoms with Gasteiger partial charge in [-0.2, -0.15) is 0 Å². The fourth-order valence-electron chi connectivity index (χ4n) is 1.97. The van der Waals surface area contributed by atoms with Crippen molar-refractivity contribution in [2.45, 2.75) is 33.3 Å². The SMILES string of the molecule is Cc1cc(Cl)c(C(C)C)cc1Oc1cnccc1CO. The molecule has 0 unspecified atom stereocenters. The van der Waals surface area contributed by atoms with Crippen LogP contribution in [-0.2, 0) is 6.61 Å². The molecule has 1 aromatic carbocycles. The molecule has 0 fully saturated rings. The van der Waals surface area contributed by atoms with E-state index in [9.17, 15) is 5.11 Å². The molecule has 0 amide bonds. The van der Waals surface area contributed by atoms with E-state index in [1.54, 1.807) is 18.5 Å². The average molecular weight is 292 g/mol. The Hall–Kier alpha value is -1.58. The fourth-order valence-corrected chi connectivity index (χ4v) is 2.41. The third-order valence-electron chi connectivity index (χ3n) is 3.18. The van der Waals surface area contributed by atoms with E-state index in [2.05, 4.69) is 18.8 Å². The molecule has 0 aliphatic carbocycles. The van der Waals surface area contributed by atoms with Crippen molar-refractivity contribution in [2.24, 2.45) is 0 Å². The van der Waals surface area contributed by atoms with Crippen molar-refractivity contribution in [3.63, 3.8) is 0 Å². The fraction of sp³-hybridized carbons (Fsp3) is 0.312. The van der Waals surface area contributed by atoms with Gasteiger partial charge in [-0.3, -0.25) is 4.98 Å². The number of pyridine rings is 1. The molecule has 2 aromatic rings. The molecule has 0 bridgehead atoms. The van der Waals surface area contributed by atoms with E-state index in [4.69, 9.17) is 16.3 Å². The van der Waals surface area contributed by atoms with E-state index in [0.717, 1.165) is 21.9 Å². The smallest absolute Gasteiger partial charge is 0.151 e. The van der Waals surface area contributed by atoms with Crippen LogP contribution in [0, 0.1) is 6.92 Å². The molecule has 2 rings (SSSR count). The second-order valence-electron chi connectivity index (χ2n) is 5.04. The first-order valence-corrected chi connectivity index (χ1v) is 6.92. The van der Waals surface area contributed by atoms with Gasteiger partial charge in [0, 0.05) is 16.8 Å². The van der Waals surface area contributed by atoms with Gasteiger partial charge in [-0.1, -0.05) is 25.4 Å². The van der Waals surface area contributed by atoms with Crippen LogP contribution in [0.5, 0.6) is 11.5 Å². The molecule has 1 aromatic heterocycles. The van der Waals surface area contributed by atoms with Crippen molar-refractivity contribution < 1.29 is 9.84 Å². The summed E-state index contributed by atoms with van der Waals surface area (Å²) in [6, 6.07) is 5.60. The number of aliphatic hydroxyl groups excluding tert-OH is 1. The molecule has 0 radical (unpaired) electrons. The lowest BCUT2D eigenvalue weighted by molar-refractivity contribution is 0.276. The van der Waals surface area contributed by atoms with Crippen LogP contribution in [0.4, 0.5) is 0 Å². The van der Waals surface area contributed by atoms with Gasteiger partial charge in [0.1, 0.15) is 5.75 Å². The van der Waals surface area contributed by atoms with Crippen LogP contribution in [0.15, 0.2) is 30.6 Å². The number of aryl methyl sites for hydroxylation is 1. The highest BCUT2D eigenvalue weighted by Crippen LogP contribution is 2.34. The number of rotatable bonds is 4.